The molecule has 0 saturated heterocycles. The van der Waals surface area contributed by atoms with Crippen molar-refractivity contribution in [1.29, 1.82) is 0 Å². The summed E-state index contributed by atoms with van der Waals surface area (Å²) < 4.78 is 1.85. The van der Waals surface area contributed by atoms with Crippen molar-refractivity contribution >= 4 is 17.3 Å². The van der Waals surface area contributed by atoms with E-state index >= 15 is 0 Å². The molecule has 0 aliphatic heterocycles. The molecule has 0 aliphatic carbocycles. The van der Waals surface area contributed by atoms with Crippen LogP contribution in [0.5, 0.6) is 0 Å². The second-order valence-corrected chi connectivity index (χ2v) is 5.67. The van der Waals surface area contributed by atoms with E-state index in [0.717, 1.165) is 17.1 Å². The molecule has 0 unspecified atom stereocenters. The molecule has 0 fully saturated rings. The van der Waals surface area contributed by atoms with Crippen LogP contribution < -0.4 is 10.2 Å². The average molecular weight is 336 g/mol. The van der Waals surface area contributed by atoms with Gasteiger partial charge in [-0.25, -0.2) is 4.98 Å². The zero-order valence-corrected chi connectivity index (χ0v) is 14.0. The molecule has 6 nitrogen and oxygen atoms in total. The van der Waals surface area contributed by atoms with Gasteiger partial charge in [-0.05, 0) is 42.5 Å². The first kappa shape index (κ1) is 16.7. The van der Waals surface area contributed by atoms with E-state index in [1.807, 2.05) is 65.2 Å². The van der Waals surface area contributed by atoms with Crippen LogP contribution in [0.2, 0.25) is 0 Å². The molecule has 0 saturated carbocycles. The Balaban J connectivity index is 1.71. The van der Waals surface area contributed by atoms with E-state index in [2.05, 4.69) is 10.3 Å². The molecule has 25 heavy (non-hydrogen) atoms. The van der Waals surface area contributed by atoms with Crippen molar-refractivity contribution in [3.8, 4) is 5.69 Å². The van der Waals surface area contributed by atoms with Crippen LogP contribution in [0.4, 0.5) is 11.4 Å². The second kappa shape index (κ2) is 7.63. The molecule has 0 spiro atoms. The SMILES string of the molecule is CN(CCO)c1ccc(NC(=O)c2cccc(-n3ccnc3)c2)cc1. The normalized spacial score (nSPS) is 10.5. The minimum atomic E-state index is -0.168. The number of anilines is 2. The van der Waals surface area contributed by atoms with E-state index in [1.54, 1.807) is 18.6 Å². The maximum absolute atomic E-state index is 12.5. The number of likely N-dealkylation sites (N-methyl/N-ethyl adjacent to an activating group) is 1. The smallest absolute Gasteiger partial charge is 0.255 e. The minimum Gasteiger partial charge on any atom is -0.395 e. The largest absolute Gasteiger partial charge is 0.395 e. The highest BCUT2D eigenvalue weighted by Crippen LogP contribution is 2.18. The number of nitrogens with zero attached hydrogens (tertiary/aromatic N) is 3. The Hall–Kier alpha value is -3.12. The van der Waals surface area contributed by atoms with Crippen LogP contribution in [0.1, 0.15) is 10.4 Å². The Morgan fingerprint density at radius 3 is 2.72 bits per heavy atom. The van der Waals surface area contributed by atoms with Gasteiger partial charge in [-0.1, -0.05) is 6.07 Å². The number of hydrogen-bond acceptors (Lipinski definition) is 4. The number of aliphatic hydroxyl groups excluding tert-OH is 1. The van der Waals surface area contributed by atoms with Crippen molar-refractivity contribution < 1.29 is 9.90 Å². The van der Waals surface area contributed by atoms with E-state index in [0.29, 0.717) is 12.1 Å². The Morgan fingerprint density at radius 1 is 1.24 bits per heavy atom. The van der Waals surface area contributed by atoms with Crippen LogP contribution in [0.25, 0.3) is 5.69 Å². The lowest BCUT2D eigenvalue weighted by molar-refractivity contribution is 0.102. The highest BCUT2D eigenvalue weighted by molar-refractivity contribution is 6.04. The summed E-state index contributed by atoms with van der Waals surface area (Å²) in [6.07, 6.45) is 5.22. The summed E-state index contributed by atoms with van der Waals surface area (Å²) in [4.78, 5) is 18.4. The zero-order chi connectivity index (χ0) is 17.6. The number of imidazole rings is 1. The molecular weight excluding hydrogens is 316 g/mol. The van der Waals surface area contributed by atoms with Gasteiger partial charge in [0.2, 0.25) is 0 Å². The molecule has 3 aromatic rings. The number of aliphatic hydroxyl groups is 1. The number of hydrogen-bond donors (Lipinski definition) is 2. The number of nitrogens with one attached hydrogen (secondary N) is 1. The predicted octanol–water partition coefficient (Wildman–Crippen LogP) is 2.55. The van der Waals surface area contributed by atoms with E-state index in [9.17, 15) is 4.79 Å². The molecule has 2 N–H and O–H groups in total. The van der Waals surface area contributed by atoms with E-state index in [-0.39, 0.29) is 12.5 Å². The van der Waals surface area contributed by atoms with Crippen LogP contribution in [0, 0.1) is 0 Å². The molecule has 0 aliphatic rings. The number of aromatic nitrogens is 2. The highest BCUT2D eigenvalue weighted by atomic mass is 16.3. The first-order valence-corrected chi connectivity index (χ1v) is 7.99. The van der Waals surface area contributed by atoms with Gasteiger partial charge in [0.25, 0.3) is 5.91 Å². The summed E-state index contributed by atoms with van der Waals surface area (Å²) in [6, 6.07) is 14.9. The van der Waals surface area contributed by atoms with Crippen molar-refractivity contribution in [2.45, 2.75) is 0 Å². The van der Waals surface area contributed by atoms with Crippen molar-refractivity contribution in [1.82, 2.24) is 9.55 Å². The lowest BCUT2D eigenvalue weighted by Crippen LogP contribution is -2.21. The Bertz CT molecular complexity index is 829. The predicted molar refractivity (Wildman–Crippen MR) is 98.3 cm³/mol. The number of carbonyl (C=O) groups excluding carboxylic acids is 1. The molecule has 0 radical (unpaired) electrons. The number of amides is 1. The van der Waals surface area contributed by atoms with Gasteiger partial charge < -0.3 is 19.9 Å². The van der Waals surface area contributed by atoms with Crippen LogP contribution >= 0.6 is 0 Å². The minimum absolute atomic E-state index is 0.0994. The molecule has 6 heteroatoms. The van der Waals surface area contributed by atoms with Gasteiger partial charge in [0.1, 0.15) is 0 Å². The Kier molecular flexibility index (Phi) is 5.11. The molecule has 0 bridgehead atoms. The maximum atomic E-state index is 12.5. The molecule has 3 rings (SSSR count). The topological polar surface area (TPSA) is 70.4 Å². The number of benzene rings is 2. The van der Waals surface area contributed by atoms with E-state index in [1.165, 1.54) is 0 Å². The monoisotopic (exact) mass is 336 g/mol. The van der Waals surface area contributed by atoms with Crippen LogP contribution in [0.3, 0.4) is 0 Å². The highest BCUT2D eigenvalue weighted by Gasteiger charge is 2.08. The summed E-state index contributed by atoms with van der Waals surface area (Å²) in [5, 5.41) is 11.9. The Morgan fingerprint density at radius 2 is 2.04 bits per heavy atom. The second-order valence-electron chi connectivity index (χ2n) is 5.67. The average Bonchev–Trinajstić information content (AvgIpc) is 3.17. The third kappa shape index (κ3) is 4.05. The van der Waals surface area contributed by atoms with Crippen molar-refractivity contribution in [3.05, 3.63) is 72.8 Å². The van der Waals surface area contributed by atoms with Gasteiger partial charge in [-0.15, -0.1) is 0 Å². The molecule has 1 amide bonds. The van der Waals surface area contributed by atoms with Gasteiger partial charge >= 0.3 is 0 Å². The lowest BCUT2D eigenvalue weighted by atomic mass is 10.1. The molecule has 128 valence electrons. The fourth-order valence-corrected chi connectivity index (χ4v) is 2.50. The van der Waals surface area contributed by atoms with Crippen molar-refractivity contribution in [3.63, 3.8) is 0 Å². The molecular formula is C19H20N4O2. The third-order valence-electron chi connectivity index (χ3n) is 3.91. The fraction of sp³-hybridized carbons (Fsp3) is 0.158. The number of rotatable bonds is 6. The fourth-order valence-electron chi connectivity index (χ4n) is 2.50. The zero-order valence-electron chi connectivity index (χ0n) is 14.0. The summed E-state index contributed by atoms with van der Waals surface area (Å²) in [5.74, 6) is -0.168. The van der Waals surface area contributed by atoms with Crippen LogP contribution in [-0.2, 0) is 0 Å². The Labute approximate surface area is 146 Å². The summed E-state index contributed by atoms with van der Waals surface area (Å²) >= 11 is 0. The molecule has 1 aromatic heterocycles. The molecule has 0 atom stereocenters. The van der Waals surface area contributed by atoms with Crippen LogP contribution in [0.15, 0.2) is 67.3 Å². The quantitative estimate of drug-likeness (QED) is 0.726. The molecule has 2 aromatic carbocycles. The third-order valence-corrected chi connectivity index (χ3v) is 3.91. The number of carbonyl (C=O) groups is 1. The van der Waals surface area contributed by atoms with Gasteiger partial charge in [-0.3, -0.25) is 4.79 Å². The summed E-state index contributed by atoms with van der Waals surface area (Å²) in [6.45, 7) is 0.662. The summed E-state index contributed by atoms with van der Waals surface area (Å²) in [5.41, 5.74) is 3.16. The van der Waals surface area contributed by atoms with Gasteiger partial charge in [0.15, 0.2) is 0 Å². The standard InChI is InChI=1S/C19H20N4O2/c1-22(11-12-24)17-7-5-16(6-8-17)21-19(25)15-3-2-4-18(13-15)23-10-9-20-14-23/h2-10,13-14,24H,11-12H2,1H3,(H,21,25). The maximum Gasteiger partial charge on any atom is 0.255 e. The van der Waals surface area contributed by atoms with Gasteiger partial charge in [-0.2, -0.15) is 0 Å². The van der Waals surface area contributed by atoms with Gasteiger partial charge in [0.05, 0.1) is 12.9 Å². The van der Waals surface area contributed by atoms with Crippen LogP contribution in [-0.4, -0.2) is 40.8 Å². The van der Waals surface area contributed by atoms with Crippen molar-refractivity contribution in [2.75, 3.05) is 30.4 Å². The first-order chi connectivity index (χ1) is 12.2. The van der Waals surface area contributed by atoms with Crippen molar-refractivity contribution in [2.24, 2.45) is 0 Å². The summed E-state index contributed by atoms with van der Waals surface area (Å²) in [7, 11) is 1.91. The van der Waals surface area contributed by atoms with Gasteiger partial charge in [0, 0.05) is 48.6 Å². The van der Waals surface area contributed by atoms with E-state index in [4.69, 9.17) is 5.11 Å². The first-order valence-electron chi connectivity index (χ1n) is 7.99. The van der Waals surface area contributed by atoms with E-state index < -0.39 is 0 Å². The lowest BCUT2D eigenvalue weighted by Gasteiger charge is -2.18. The molecule has 1 heterocycles.